The minimum Gasteiger partial charge on any atom is -0.507 e. The average molecular weight is 363 g/mol. The van der Waals surface area contributed by atoms with Crippen LogP contribution in [0.2, 0.25) is 5.02 Å². The molecule has 0 saturated carbocycles. The fourth-order valence-electron chi connectivity index (χ4n) is 2.19. The zero-order valence-corrected chi connectivity index (χ0v) is 14.5. The molecule has 0 saturated heterocycles. The first kappa shape index (κ1) is 18.6. The minimum atomic E-state index is -0.636. The van der Waals surface area contributed by atoms with Gasteiger partial charge in [0.25, 0.3) is 5.91 Å². The molecule has 0 aliphatic heterocycles. The number of carbonyl (C=O) groups excluding carboxylic acids is 2. The normalized spacial score (nSPS) is 10.2. The minimum absolute atomic E-state index is 0.00830. The lowest BCUT2D eigenvalue weighted by atomic mass is 10.1. The van der Waals surface area contributed by atoms with Crippen molar-refractivity contribution < 1.29 is 19.4 Å². The number of benzene rings is 2. The first-order valence-corrected chi connectivity index (χ1v) is 8.08. The zero-order valence-electron chi connectivity index (χ0n) is 13.7. The highest BCUT2D eigenvalue weighted by atomic mass is 35.5. The van der Waals surface area contributed by atoms with Crippen molar-refractivity contribution in [3.63, 3.8) is 0 Å². The number of hydrogen-bond acceptors (Lipinski definition) is 4. The van der Waals surface area contributed by atoms with E-state index in [1.165, 1.54) is 18.2 Å². The maximum absolute atomic E-state index is 11.9. The third kappa shape index (κ3) is 5.69. The number of ether oxygens (including phenoxy) is 1. The molecule has 0 aromatic heterocycles. The van der Waals surface area contributed by atoms with Gasteiger partial charge in [-0.25, -0.2) is 0 Å². The Kier molecular flexibility index (Phi) is 6.65. The van der Waals surface area contributed by atoms with Crippen LogP contribution in [0.5, 0.6) is 11.5 Å². The Morgan fingerprint density at radius 2 is 1.84 bits per heavy atom. The number of phenolic OH excluding ortho intramolecular Hbond substituents is 1. The summed E-state index contributed by atoms with van der Waals surface area (Å²) in [7, 11) is 1.61. The van der Waals surface area contributed by atoms with E-state index in [9.17, 15) is 14.7 Å². The Labute approximate surface area is 150 Å². The van der Waals surface area contributed by atoms with Crippen molar-refractivity contribution in [2.24, 2.45) is 0 Å². The number of halogens is 1. The molecule has 0 bridgehead atoms. The lowest BCUT2D eigenvalue weighted by molar-refractivity contribution is -0.121. The van der Waals surface area contributed by atoms with Crippen molar-refractivity contribution in [3.8, 4) is 11.5 Å². The molecule has 0 fully saturated rings. The molecule has 0 aliphatic rings. The number of carbonyl (C=O) groups is 2. The van der Waals surface area contributed by atoms with Crippen molar-refractivity contribution in [2.75, 3.05) is 7.11 Å². The van der Waals surface area contributed by atoms with Gasteiger partial charge < -0.3 is 9.84 Å². The fourth-order valence-corrected chi connectivity index (χ4v) is 2.36. The van der Waals surface area contributed by atoms with E-state index in [1.54, 1.807) is 7.11 Å². The predicted octanol–water partition coefficient (Wildman–Crippen LogP) is 2.84. The molecule has 0 heterocycles. The van der Waals surface area contributed by atoms with Crippen LogP contribution in [-0.4, -0.2) is 24.0 Å². The maximum atomic E-state index is 11.9. The SMILES string of the molecule is COc1ccc(CCCC(=O)NNC(=O)c2cc(Cl)ccc2O)cc1. The molecule has 132 valence electrons. The van der Waals surface area contributed by atoms with Gasteiger partial charge in [0.05, 0.1) is 12.7 Å². The molecular formula is C18H19ClN2O4. The van der Waals surface area contributed by atoms with Gasteiger partial charge in [0.2, 0.25) is 5.91 Å². The van der Waals surface area contributed by atoms with Crippen molar-refractivity contribution >= 4 is 23.4 Å². The highest BCUT2D eigenvalue weighted by molar-refractivity contribution is 6.31. The molecule has 2 amide bonds. The van der Waals surface area contributed by atoms with E-state index in [4.69, 9.17) is 16.3 Å². The first-order chi connectivity index (χ1) is 12.0. The van der Waals surface area contributed by atoms with E-state index in [0.717, 1.165) is 17.7 Å². The molecule has 0 spiro atoms. The number of hydrogen-bond donors (Lipinski definition) is 3. The highest BCUT2D eigenvalue weighted by Gasteiger charge is 2.12. The summed E-state index contributed by atoms with van der Waals surface area (Å²) in [5.74, 6) is -0.379. The fraction of sp³-hybridized carbons (Fsp3) is 0.222. The number of hydrazine groups is 1. The van der Waals surface area contributed by atoms with E-state index < -0.39 is 5.91 Å². The number of phenols is 1. The Hall–Kier alpha value is -2.73. The van der Waals surface area contributed by atoms with E-state index in [0.29, 0.717) is 11.4 Å². The van der Waals surface area contributed by atoms with Gasteiger partial charge in [-0.05, 0) is 48.7 Å². The van der Waals surface area contributed by atoms with Gasteiger partial charge in [0.1, 0.15) is 11.5 Å². The third-order valence-electron chi connectivity index (χ3n) is 3.55. The van der Waals surface area contributed by atoms with Crippen molar-refractivity contribution in [1.29, 1.82) is 0 Å². The lowest BCUT2D eigenvalue weighted by Gasteiger charge is -2.09. The largest absolute Gasteiger partial charge is 0.507 e. The number of amides is 2. The molecule has 0 unspecified atom stereocenters. The molecule has 2 aromatic carbocycles. The molecule has 7 heteroatoms. The molecular weight excluding hydrogens is 344 g/mol. The second-order valence-corrected chi connectivity index (χ2v) is 5.80. The maximum Gasteiger partial charge on any atom is 0.273 e. The number of nitrogens with one attached hydrogen (secondary N) is 2. The van der Waals surface area contributed by atoms with Crippen LogP contribution < -0.4 is 15.6 Å². The monoisotopic (exact) mass is 362 g/mol. The van der Waals surface area contributed by atoms with Crippen LogP contribution in [0.25, 0.3) is 0 Å². The molecule has 2 aromatic rings. The smallest absolute Gasteiger partial charge is 0.273 e. The summed E-state index contributed by atoms with van der Waals surface area (Å²) in [6.45, 7) is 0. The van der Waals surface area contributed by atoms with Gasteiger partial charge in [-0.2, -0.15) is 0 Å². The Morgan fingerprint density at radius 3 is 2.52 bits per heavy atom. The first-order valence-electron chi connectivity index (χ1n) is 7.70. The Balaban J connectivity index is 1.74. The van der Waals surface area contributed by atoms with Crippen LogP contribution in [-0.2, 0) is 11.2 Å². The highest BCUT2D eigenvalue weighted by Crippen LogP contribution is 2.21. The number of aryl methyl sites for hydroxylation is 1. The third-order valence-corrected chi connectivity index (χ3v) is 3.78. The van der Waals surface area contributed by atoms with Gasteiger partial charge in [-0.15, -0.1) is 0 Å². The number of rotatable bonds is 6. The van der Waals surface area contributed by atoms with E-state index in [2.05, 4.69) is 10.9 Å². The Bertz CT molecular complexity index is 747. The summed E-state index contributed by atoms with van der Waals surface area (Å²) < 4.78 is 5.09. The van der Waals surface area contributed by atoms with Crippen molar-refractivity contribution in [3.05, 3.63) is 58.6 Å². The van der Waals surface area contributed by atoms with Gasteiger partial charge >= 0.3 is 0 Å². The molecule has 2 rings (SSSR count). The van der Waals surface area contributed by atoms with Crippen molar-refractivity contribution in [2.45, 2.75) is 19.3 Å². The molecule has 25 heavy (non-hydrogen) atoms. The van der Waals surface area contributed by atoms with Crippen LogP contribution in [0, 0.1) is 0 Å². The topological polar surface area (TPSA) is 87.7 Å². The van der Waals surface area contributed by atoms with Crippen LogP contribution in [0.3, 0.4) is 0 Å². The van der Waals surface area contributed by atoms with Gasteiger partial charge in [0.15, 0.2) is 0 Å². The van der Waals surface area contributed by atoms with E-state index >= 15 is 0 Å². The standard InChI is InChI=1S/C18H19ClN2O4/c1-25-14-8-5-12(6-9-14)3-2-4-17(23)20-21-18(24)15-11-13(19)7-10-16(15)22/h5-11,22H,2-4H2,1H3,(H,20,23)(H,21,24). The number of methoxy groups -OCH3 is 1. The average Bonchev–Trinajstić information content (AvgIpc) is 2.62. The Morgan fingerprint density at radius 1 is 1.12 bits per heavy atom. The summed E-state index contributed by atoms with van der Waals surface area (Å²) in [6.07, 6.45) is 1.63. The quantitative estimate of drug-likeness (QED) is 0.689. The molecule has 0 atom stereocenters. The second kappa shape index (κ2) is 8.94. The van der Waals surface area contributed by atoms with Crippen LogP contribution in [0.15, 0.2) is 42.5 Å². The molecule has 0 radical (unpaired) electrons. The molecule has 3 N–H and O–H groups in total. The van der Waals surface area contributed by atoms with Gasteiger partial charge in [-0.3, -0.25) is 20.4 Å². The van der Waals surface area contributed by atoms with E-state index in [1.807, 2.05) is 24.3 Å². The van der Waals surface area contributed by atoms with Gasteiger partial charge in [-0.1, -0.05) is 23.7 Å². The van der Waals surface area contributed by atoms with Crippen LogP contribution in [0.1, 0.15) is 28.8 Å². The summed E-state index contributed by atoms with van der Waals surface area (Å²) in [5.41, 5.74) is 5.67. The van der Waals surface area contributed by atoms with Crippen molar-refractivity contribution in [1.82, 2.24) is 10.9 Å². The zero-order chi connectivity index (χ0) is 18.2. The van der Waals surface area contributed by atoms with Crippen LogP contribution in [0.4, 0.5) is 0 Å². The second-order valence-electron chi connectivity index (χ2n) is 5.37. The molecule has 0 aliphatic carbocycles. The lowest BCUT2D eigenvalue weighted by Crippen LogP contribution is -2.41. The van der Waals surface area contributed by atoms with Gasteiger partial charge in [0, 0.05) is 11.4 Å². The summed E-state index contributed by atoms with van der Waals surface area (Å²) in [5, 5.41) is 9.95. The van der Waals surface area contributed by atoms with Crippen LogP contribution >= 0.6 is 11.6 Å². The summed E-state index contributed by atoms with van der Waals surface area (Å²) >= 11 is 5.78. The summed E-state index contributed by atoms with van der Waals surface area (Å²) in [4.78, 5) is 23.7. The summed E-state index contributed by atoms with van der Waals surface area (Å²) in [6, 6.07) is 11.7. The molecule has 6 nitrogen and oxygen atoms in total. The predicted molar refractivity (Wildman–Crippen MR) is 94.7 cm³/mol. The number of aromatic hydroxyl groups is 1. The van der Waals surface area contributed by atoms with E-state index in [-0.39, 0.29) is 23.6 Å².